The van der Waals surface area contributed by atoms with Crippen LogP contribution in [-0.2, 0) is 4.74 Å². The van der Waals surface area contributed by atoms with Crippen molar-refractivity contribution >= 4 is 11.8 Å². The van der Waals surface area contributed by atoms with Crippen LogP contribution in [0.25, 0.3) is 0 Å². The molecule has 1 rings (SSSR count). The van der Waals surface area contributed by atoms with Crippen molar-refractivity contribution in [2.75, 3.05) is 12.4 Å². The van der Waals surface area contributed by atoms with Crippen LogP contribution in [0.5, 0.6) is 0 Å². The molecule has 1 saturated heterocycles. The first-order chi connectivity index (χ1) is 4.84. The zero-order chi connectivity index (χ0) is 7.40. The molecule has 2 atom stereocenters. The summed E-state index contributed by atoms with van der Waals surface area (Å²) in [5.74, 6) is 1.05. The van der Waals surface area contributed by atoms with Gasteiger partial charge in [0.2, 0.25) is 0 Å². The maximum atomic E-state index is 5.41. The van der Waals surface area contributed by atoms with Gasteiger partial charge in [-0.05, 0) is 13.3 Å². The van der Waals surface area contributed by atoms with Crippen LogP contribution < -0.4 is 0 Å². The molecule has 0 saturated carbocycles. The highest BCUT2D eigenvalue weighted by Gasteiger charge is 2.23. The Kier molecular flexibility index (Phi) is 3.29. The average Bonchev–Trinajstić information content (AvgIpc) is 2.31. The lowest BCUT2D eigenvalue weighted by atomic mass is 10.3. The molecule has 58 valence electrons. The van der Waals surface area contributed by atoms with Gasteiger partial charge < -0.3 is 4.74 Å². The van der Waals surface area contributed by atoms with Crippen molar-refractivity contribution in [3.05, 3.63) is 12.7 Å². The van der Waals surface area contributed by atoms with Crippen molar-refractivity contribution < 1.29 is 4.74 Å². The minimum atomic E-state index is 0.449. The fourth-order valence-electron chi connectivity index (χ4n) is 1.12. The molecule has 0 radical (unpaired) electrons. The molecule has 1 heterocycles. The summed E-state index contributed by atoms with van der Waals surface area (Å²) in [7, 11) is 0. The number of hydrogen-bond donors (Lipinski definition) is 0. The highest BCUT2D eigenvalue weighted by atomic mass is 32.2. The lowest BCUT2D eigenvalue weighted by Gasteiger charge is -2.11. The van der Waals surface area contributed by atoms with E-state index in [9.17, 15) is 0 Å². The van der Waals surface area contributed by atoms with Crippen LogP contribution in [0.15, 0.2) is 12.7 Å². The molecule has 2 heteroatoms. The summed E-state index contributed by atoms with van der Waals surface area (Å²) in [6.07, 6.45) is 3.61. The molecule has 0 aliphatic carbocycles. The predicted octanol–water partition coefficient (Wildman–Crippen LogP) is 2.08. The zero-order valence-corrected chi connectivity index (χ0v) is 7.19. The normalized spacial score (nSPS) is 32.5. The lowest BCUT2D eigenvalue weighted by molar-refractivity contribution is 0.127. The van der Waals surface area contributed by atoms with E-state index in [0.29, 0.717) is 11.4 Å². The topological polar surface area (TPSA) is 9.23 Å². The van der Waals surface area contributed by atoms with Crippen molar-refractivity contribution in [1.82, 2.24) is 0 Å². The van der Waals surface area contributed by atoms with E-state index in [0.717, 1.165) is 12.4 Å². The Morgan fingerprint density at radius 2 is 2.60 bits per heavy atom. The van der Waals surface area contributed by atoms with E-state index in [1.165, 1.54) is 6.42 Å². The predicted molar refractivity (Wildman–Crippen MR) is 46.5 cm³/mol. The number of rotatable bonds is 3. The molecule has 1 aliphatic rings. The van der Waals surface area contributed by atoms with Crippen molar-refractivity contribution in [1.29, 1.82) is 0 Å². The van der Waals surface area contributed by atoms with Gasteiger partial charge in [0.15, 0.2) is 0 Å². The molecule has 1 fully saturated rings. The van der Waals surface area contributed by atoms with E-state index < -0.39 is 0 Å². The summed E-state index contributed by atoms with van der Waals surface area (Å²) >= 11 is 1.95. The Hall–Kier alpha value is 0.0500. The Balaban J connectivity index is 2.19. The van der Waals surface area contributed by atoms with Gasteiger partial charge in [-0.25, -0.2) is 0 Å². The van der Waals surface area contributed by atoms with Crippen LogP contribution in [0, 0.1) is 0 Å². The van der Waals surface area contributed by atoms with Crippen molar-refractivity contribution in [2.24, 2.45) is 0 Å². The van der Waals surface area contributed by atoms with E-state index in [2.05, 4.69) is 13.5 Å². The first kappa shape index (κ1) is 8.15. The van der Waals surface area contributed by atoms with E-state index in [1.807, 2.05) is 17.8 Å². The van der Waals surface area contributed by atoms with Crippen LogP contribution in [-0.4, -0.2) is 23.7 Å². The van der Waals surface area contributed by atoms with Gasteiger partial charge in [-0.15, -0.1) is 6.58 Å². The molecule has 2 unspecified atom stereocenters. The Bertz CT molecular complexity index is 114. The van der Waals surface area contributed by atoms with Crippen LogP contribution in [0.1, 0.15) is 13.3 Å². The molecule has 10 heavy (non-hydrogen) atoms. The maximum absolute atomic E-state index is 5.41. The SMILES string of the molecule is C=CCSC1CCOC1C. The van der Waals surface area contributed by atoms with Crippen molar-refractivity contribution in [3.63, 3.8) is 0 Å². The maximum Gasteiger partial charge on any atom is 0.0666 e. The van der Waals surface area contributed by atoms with Gasteiger partial charge in [0.05, 0.1) is 6.10 Å². The van der Waals surface area contributed by atoms with Crippen LogP contribution in [0.3, 0.4) is 0 Å². The standard InChI is InChI=1S/C8H14OS/c1-3-6-10-8-4-5-9-7(8)2/h3,7-8H,1,4-6H2,2H3. The molecule has 1 nitrogen and oxygen atoms in total. The van der Waals surface area contributed by atoms with Gasteiger partial charge in [-0.3, -0.25) is 0 Å². The summed E-state index contributed by atoms with van der Waals surface area (Å²) in [5.41, 5.74) is 0. The van der Waals surface area contributed by atoms with Gasteiger partial charge in [0, 0.05) is 17.6 Å². The van der Waals surface area contributed by atoms with Crippen LogP contribution >= 0.6 is 11.8 Å². The monoisotopic (exact) mass is 158 g/mol. The highest BCUT2D eigenvalue weighted by Crippen LogP contribution is 2.25. The fourth-order valence-corrected chi connectivity index (χ4v) is 2.12. The fraction of sp³-hybridized carbons (Fsp3) is 0.750. The highest BCUT2D eigenvalue weighted by molar-refractivity contribution is 8.00. The molecule has 0 N–H and O–H groups in total. The lowest BCUT2D eigenvalue weighted by Crippen LogP contribution is -2.13. The quantitative estimate of drug-likeness (QED) is 0.582. The van der Waals surface area contributed by atoms with Crippen LogP contribution in [0.4, 0.5) is 0 Å². The second-order valence-electron chi connectivity index (χ2n) is 2.53. The summed E-state index contributed by atoms with van der Waals surface area (Å²) < 4.78 is 5.41. The summed E-state index contributed by atoms with van der Waals surface area (Å²) in [6, 6.07) is 0. The molecule has 0 aromatic rings. The van der Waals surface area contributed by atoms with Crippen molar-refractivity contribution in [3.8, 4) is 0 Å². The summed E-state index contributed by atoms with van der Waals surface area (Å²) in [6.45, 7) is 6.77. The Morgan fingerprint density at radius 1 is 1.80 bits per heavy atom. The number of thioether (sulfide) groups is 1. The first-order valence-corrected chi connectivity index (χ1v) is 4.73. The van der Waals surface area contributed by atoms with E-state index >= 15 is 0 Å². The zero-order valence-electron chi connectivity index (χ0n) is 6.38. The third-order valence-electron chi connectivity index (χ3n) is 1.73. The molecule has 0 bridgehead atoms. The third-order valence-corrected chi connectivity index (χ3v) is 3.21. The minimum Gasteiger partial charge on any atom is -0.377 e. The van der Waals surface area contributed by atoms with Gasteiger partial charge in [0.1, 0.15) is 0 Å². The summed E-state index contributed by atoms with van der Waals surface area (Å²) in [4.78, 5) is 0. The van der Waals surface area contributed by atoms with Gasteiger partial charge in [-0.2, -0.15) is 11.8 Å². The molecular weight excluding hydrogens is 144 g/mol. The van der Waals surface area contributed by atoms with E-state index in [1.54, 1.807) is 0 Å². The third kappa shape index (κ3) is 2.03. The van der Waals surface area contributed by atoms with Gasteiger partial charge in [0.25, 0.3) is 0 Å². The minimum absolute atomic E-state index is 0.449. The largest absolute Gasteiger partial charge is 0.377 e. The number of hydrogen-bond acceptors (Lipinski definition) is 2. The average molecular weight is 158 g/mol. The van der Waals surface area contributed by atoms with Gasteiger partial charge >= 0.3 is 0 Å². The molecule has 0 aromatic carbocycles. The van der Waals surface area contributed by atoms with E-state index in [-0.39, 0.29) is 0 Å². The second-order valence-corrected chi connectivity index (χ2v) is 3.80. The number of ether oxygens (including phenoxy) is 1. The van der Waals surface area contributed by atoms with Crippen LogP contribution in [0.2, 0.25) is 0 Å². The molecule has 0 aromatic heterocycles. The Labute approximate surface area is 66.8 Å². The molecular formula is C8H14OS. The molecule has 0 spiro atoms. The summed E-state index contributed by atoms with van der Waals surface area (Å²) in [5, 5.41) is 0.706. The van der Waals surface area contributed by atoms with E-state index in [4.69, 9.17) is 4.74 Å². The second kappa shape index (κ2) is 4.04. The smallest absolute Gasteiger partial charge is 0.0666 e. The van der Waals surface area contributed by atoms with Crippen molar-refractivity contribution in [2.45, 2.75) is 24.7 Å². The molecule has 0 amide bonds. The Morgan fingerprint density at radius 3 is 3.10 bits per heavy atom. The first-order valence-electron chi connectivity index (χ1n) is 3.68. The molecule has 1 aliphatic heterocycles. The van der Waals surface area contributed by atoms with Gasteiger partial charge in [-0.1, -0.05) is 6.08 Å².